The minimum absolute atomic E-state index is 0.182. The molecule has 0 spiro atoms. The summed E-state index contributed by atoms with van der Waals surface area (Å²) in [7, 11) is 0. The van der Waals surface area contributed by atoms with E-state index in [4.69, 9.17) is 16.3 Å². The van der Waals surface area contributed by atoms with E-state index in [0.717, 1.165) is 38.6 Å². The van der Waals surface area contributed by atoms with Crippen molar-refractivity contribution in [2.45, 2.75) is 76.7 Å². The number of β-amino-alcohol motifs (C(OH)–C–C–N with tert-alkyl or cyclic N) is 1. The van der Waals surface area contributed by atoms with Gasteiger partial charge in [0.25, 0.3) is 0 Å². The van der Waals surface area contributed by atoms with Gasteiger partial charge in [-0.1, -0.05) is 11.6 Å². The van der Waals surface area contributed by atoms with Gasteiger partial charge in [0, 0.05) is 25.2 Å². The van der Waals surface area contributed by atoms with Crippen LogP contribution in [0.3, 0.4) is 0 Å². The Morgan fingerprint density at radius 3 is 2.34 bits per heavy atom. The number of fused-ring (bicyclic) bond motifs is 2. The Morgan fingerprint density at radius 2 is 1.79 bits per heavy atom. The van der Waals surface area contributed by atoms with Gasteiger partial charge in [-0.15, -0.1) is 0 Å². The summed E-state index contributed by atoms with van der Waals surface area (Å²) in [6, 6.07) is 0.469. The Bertz CT molecular complexity index is 724. The van der Waals surface area contributed by atoms with Crippen molar-refractivity contribution in [2.24, 2.45) is 11.8 Å². The lowest BCUT2D eigenvalue weighted by Crippen LogP contribution is -2.53. The number of hydrogen-bond acceptors (Lipinski definition) is 6. The highest BCUT2D eigenvalue weighted by Crippen LogP contribution is 2.44. The molecule has 0 radical (unpaired) electrons. The minimum Gasteiger partial charge on any atom is -0.444 e. The van der Waals surface area contributed by atoms with Gasteiger partial charge >= 0.3 is 6.09 Å². The predicted molar refractivity (Wildman–Crippen MR) is 111 cm³/mol. The molecule has 5 atom stereocenters. The molecule has 1 aromatic heterocycles. The van der Waals surface area contributed by atoms with E-state index < -0.39 is 11.7 Å². The van der Waals surface area contributed by atoms with Crippen molar-refractivity contribution in [1.82, 2.24) is 14.9 Å². The maximum Gasteiger partial charge on any atom is 0.410 e. The SMILES string of the molecule is CC(C)(C)OC(=O)N1[C@@H]2CC[C@H]1C[C@H]([C@H]1CCN(c3ncc(Cl)cn3)C[C@H]1O)C2. The molecule has 7 nitrogen and oxygen atoms in total. The monoisotopic (exact) mass is 422 g/mol. The molecule has 1 amide bonds. The van der Waals surface area contributed by atoms with Crippen LogP contribution in [0.1, 0.15) is 52.9 Å². The van der Waals surface area contributed by atoms with Crippen molar-refractivity contribution in [3.63, 3.8) is 0 Å². The Kier molecular flexibility index (Phi) is 5.64. The third-order valence-electron chi connectivity index (χ3n) is 6.50. The van der Waals surface area contributed by atoms with Crippen molar-refractivity contribution in [3.05, 3.63) is 17.4 Å². The van der Waals surface area contributed by atoms with E-state index in [-0.39, 0.29) is 24.1 Å². The zero-order chi connectivity index (χ0) is 20.8. The second kappa shape index (κ2) is 7.91. The molecule has 4 rings (SSSR count). The largest absolute Gasteiger partial charge is 0.444 e. The quantitative estimate of drug-likeness (QED) is 0.785. The third kappa shape index (κ3) is 4.45. The number of anilines is 1. The lowest BCUT2D eigenvalue weighted by molar-refractivity contribution is -0.0162. The second-order valence-electron chi connectivity index (χ2n) is 9.67. The average Bonchev–Trinajstić information content (AvgIpc) is 2.91. The molecule has 0 aromatic carbocycles. The van der Waals surface area contributed by atoms with Crippen LogP contribution < -0.4 is 4.90 Å². The van der Waals surface area contributed by atoms with Crippen LogP contribution in [0.5, 0.6) is 0 Å². The summed E-state index contributed by atoms with van der Waals surface area (Å²) in [5.41, 5.74) is -0.472. The summed E-state index contributed by atoms with van der Waals surface area (Å²) < 4.78 is 5.64. The summed E-state index contributed by atoms with van der Waals surface area (Å²) in [6.45, 7) is 7.09. The van der Waals surface area contributed by atoms with E-state index in [1.165, 1.54) is 0 Å². The molecule has 0 aliphatic carbocycles. The van der Waals surface area contributed by atoms with Crippen molar-refractivity contribution in [1.29, 1.82) is 0 Å². The first-order valence-electron chi connectivity index (χ1n) is 10.6. The van der Waals surface area contributed by atoms with Gasteiger partial charge in [0.1, 0.15) is 5.60 Å². The molecule has 0 unspecified atom stereocenters. The number of ether oxygens (including phenoxy) is 1. The van der Waals surface area contributed by atoms with Crippen LogP contribution in [0, 0.1) is 11.8 Å². The highest BCUT2D eigenvalue weighted by Gasteiger charge is 2.48. The number of nitrogens with zero attached hydrogens (tertiary/aromatic N) is 4. The molecule has 8 heteroatoms. The van der Waals surface area contributed by atoms with E-state index in [1.54, 1.807) is 12.4 Å². The van der Waals surface area contributed by atoms with Gasteiger partial charge in [-0.05, 0) is 64.7 Å². The van der Waals surface area contributed by atoms with Crippen molar-refractivity contribution in [3.8, 4) is 0 Å². The van der Waals surface area contributed by atoms with Crippen LogP contribution >= 0.6 is 11.6 Å². The molecule has 4 heterocycles. The first-order chi connectivity index (χ1) is 13.7. The lowest BCUT2D eigenvalue weighted by Gasteiger charge is -2.45. The maximum absolute atomic E-state index is 12.7. The van der Waals surface area contributed by atoms with Crippen LogP contribution in [-0.4, -0.2) is 62.9 Å². The van der Waals surface area contributed by atoms with Crippen molar-refractivity contribution >= 4 is 23.6 Å². The molecule has 3 aliphatic heterocycles. The van der Waals surface area contributed by atoms with Gasteiger partial charge in [-0.25, -0.2) is 14.8 Å². The number of amides is 1. The van der Waals surface area contributed by atoms with Crippen LogP contribution in [0.25, 0.3) is 0 Å². The Balaban J connectivity index is 1.37. The summed E-state index contributed by atoms with van der Waals surface area (Å²) in [4.78, 5) is 25.2. The number of aliphatic hydroxyl groups excluding tert-OH is 1. The Morgan fingerprint density at radius 1 is 1.17 bits per heavy atom. The Labute approximate surface area is 177 Å². The number of halogens is 1. The first-order valence-corrected chi connectivity index (χ1v) is 11.0. The number of carbonyl (C=O) groups is 1. The predicted octanol–water partition coefficient (Wildman–Crippen LogP) is 3.50. The van der Waals surface area contributed by atoms with Crippen LogP contribution in [0.4, 0.5) is 10.7 Å². The molecule has 3 aliphatic rings. The second-order valence-corrected chi connectivity index (χ2v) is 10.1. The Hall–Kier alpha value is -1.60. The molecule has 1 N–H and O–H groups in total. The summed E-state index contributed by atoms with van der Waals surface area (Å²) in [5, 5.41) is 11.4. The fraction of sp³-hybridized carbons (Fsp3) is 0.762. The molecule has 3 saturated heterocycles. The fourth-order valence-electron chi connectivity index (χ4n) is 5.33. The number of hydrogen-bond donors (Lipinski definition) is 1. The highest BCUT2D eigenvalue weighted by molar-refractivity contribution is 6.30. The van der Waals surface area contributed by atoms with Crippen LogP contribution in [0.15, 0.2) is 12.4 Å². The van der Waals surface area contributed by atoms with E-state index in [9.17, 15) is 9.90 Å². The van der Waals surface area contributed by atoms with Gasteiger partial charge < -0.3 is 19.6 Å². The van der Waals surface area contributed by atoms with Crippen LogP contribution in [-0.2, 0) is 4.74 Å². The first kappa shape index (κ1) is 20.7. The van der Waals surface area contributed by atoms with Gasteiger partial charge in [0.15, 0.2) is 0 Å². The average molecular weight is 423 g/mol. The van der Waals surface area contributed by atoms with Gasteiger partial charge in [-0.3, -0.25) is 0 Å². The van der Waals surface area contributed by atoms with Gasteiger partial charge in [0.05, 0.1) is 23.5 Å². The summed E-state index contributed by atoms with van der Waals surface area (Å²) in [6.07, 6.45) is 7.47. The number of carbonyl (C=O) groups excluding carboxylic acids is 1. The standard InChI is InChI=1S/C21H31ClN4O3/c1-21(2,3)29-20(28)26-15-4-5-16(26)9-13(8-15)17-6-7-25(12-18(17)27)19-23-10-14(22)11-24-19/h10-11,13,15-18,27H,4-9,12H2,1-3H3/t13-,15-,16+,17-,18-/m1/s1. The van der Waals surface area contributed by atoms with E-state index >= 15 is 0 Å². The zero-order valence-electron chi connectivity index (χ0n) is 17.4. The molecule has 29 heavy (non-hydrogen) atoms. The van der Waals surface area contributed by atoms with Crippen molar-refractivity contribution in [2.75, 3.05) is 18.0 Å². The zero-order valence-corrected chi connectivity index (χ0v) is 18.2. The third-order valence-corrected chi connectivity index (χ3v) is 6.70. The number of rotatable bonds is 2. The molecule has 0 saturated carbocycles. The molecular formula is C21H31ClN4O3. The smallest absolute Gasteiger partial charge is 0.410 e. The molecule has 1 aromatic rings. The summed E-state index contributed by atoms with van der Waals surface area (Å²) >= 11 is 5.88. The molecule has 3 fully saturated rings. The highest BCUT2D eigenvalue weighted by atomic mass is 35.5. The van der Waals surface area contributed by atoms with Crippen molar-refractivity contribution < 1.29 is 14.6 Å². The normalized spacial score (nSPS) is 32.4. The number of piperidine rings is 2. The van der Waals surface area contributed by atoms with Gasteiger partial charge in [0.2, 0.25) is 5.95 Å². The molecule has 2 bridgehead atoms. The van der Waals surface area contributed by atoms with E-state index in [2.05, 4.69) is 9.97 Å². The maximum atomic E-state index is 12.7. The number of aliphatic hydroxyl groups is 1. The van der Waals surface area contributed by atoms with E-state index in [0.29, 0.717) is 23.4 Å². The lowest BCUT2D eigenvalue weighted by atomic mass is 9.75. The summed E-state index contributed by atoms with van der Waals surface area (Å²) in [5.74, 6) is 1.31. The van der Waals surface area contributed by atoms with E-state index in [1.807, 2.05) is 30.6 Å². The van der Waals surface area contributed by atoms with Gasteiger partial charge in [-0.2, -0.15) is 0 Å². The molecular weight excluding hydrogens is 392 g/mol. The van der Waals surface area contributed by atoms with Crippen LogP contribution in [0.2, 0.25) is 5.02 Å². The fourth-order valence-corrected chi connectivity index (χ4v) is 5.43. The molecule has 160 valence electrons. The minimum atomic E-state index is -0.472. The number of aromatic nitrogens is 2. The topological polar surface area (TPSA) is 78.8 Å².